The van der Waals surface area contributed by atoms with E-state index in [0.29, 0.717) is 24.3 Å². The lowest BCUT2D eigenvalue weighted by molar-refractivity contribution is -0.141. The monoisotopic (exact) mass is 430 g/mol. The molecular formula is C21H21F3N6O. The number of aromatic nitrogens is 3. The van der Waals surface area contributed by atoms with Crippen molar-refractivity contribution >= 4 is 11.6 Å². The summed E-state index contributed by atoms with van der Waals surface area (Å²) in [7, 11) is 3.72. The van der Waals surface area contributed by atoms with Crippen LogP contribution in [0.4, 0.5) is 13.2 Å². The number of nitrogens with zero attached hydrogens (tertiary/aromatic N) is 6. The highest BCUT2D eigenvalue weighted by atomic mass is 19.4. The molecule has 0 N–H and O–H groups in total. The summed E-state index contributed by atoms with van der Waals surface area (Å²) >= 11 is 0. The Morgan fingerprint density at radius 2 is 1.94 bits per heavy atom. The molecule has 0 bridgehead atoms. The Balaban J connectivity index is 2.02. The third kappa shape index (κ3) is 5.19. The van der Waals surface area contributed by atoms with Gasteiger partial charge >= 0.3 is 6.18 Å². The predicted molar refractivity (Wildman–Crippen MR) is 107 cm³/mol. The van der Waals surface area contributed by atoms with Crippen molar-refractivity contribution in [2.45, 2.75) is 19.6 Å². The first-order valence-corrected chi connectivity index (χ1v) is 9.46. The molecule has 0 spiro atoms. The highest BCUT2D eigenvalue weighted by molar-refractivity contribution is 5.93. The van der Waals surface area contributed by atoms with E-state index < -0.39 is 17.8 Å². The number of hydrogen-bond acceptors (Lipinski definition) is 5. The summed E-state index contributed by atoms with van der Waals surface area (Å²) in [5.74, 6) is -0.475. The second-order valence-electron chi connectivity index (χ2n) is 7.42. The number of alkyl halides is 3. The molecule has 0 saturated heterocycles. The number of halogens is 3. The number of nitriles is 1. The van der Waals surface area contributed by atoms with Gasteiger partial charge in [0.05, 0.1) is 11.6 Å². The zero-order valence-corrected chi connectivity index (χ0v) is 17.3. The standard InChI is InChI=1S/C21H21F3N6O/c1-14-9-17(30-19(26-14)11-18(27-30)21(22,23)24)20(31)29(8-7-28(2)3)13-16-6-4-5-15(10-16)12-25/h4-6,9-11H,7-8,13H2,1-3H3. The zero-order chi connectivity index (χ0) is 22.8. The number of carbonyl (C=O) groups excluding carboxylic acids is 1. The van der Waals surface area contributed by atoms with E-state index in [-0.39, 0.29) is 17.9 Å². The maximum Gasteiger partial charge on any atom is 0.435 e. The van der Waals surface area contributed by atoms with Gasteiger partial charge in [-0.2, -0.15) is 23.5 Å². The Morgan fingerprint density at radius 3 is 2.58 bits per heavy atom. The van der Waals surface area contributed by atoms with Crippen molar-refractivity contribution in [1.82, 2.24) is 24.4 Å². The van der Waals surface area contributed by atoms with Crippen LogP contribution in [0.25, 0.3) is 5.65 Å². The predicted octanol–water partition coefficient (Wildman–Crippen LogP) is 3.13. The van der Waals surface area contributed by atoms with Gasteiger partial charge < -0.3 is 9.80 Å². The second kappa shape index (κ2) is 8.73. The van der Waals surface area contributed by atoms with Crippen LogP contribution in [0.5, 0.6) is 0 Å². The van der Waals surface area contributed by atoms with Gasteiger partial charge in [-0.1, -0.05) is 12.1 Å². The lowest BCUT2D eigenvalue weighted by Crippen LogP contribution is -2.37. The Kier molecular flexibility index (Phi) is 6.27. The molecule has 10 heteroatoms. The van der Waals surface area contributed by atoms with Gasteiger partial charge in [0.2, 0.25) is 0 Å². The van der Waals surface area contributed by atoms with Crippen LogP contribution in [-0.4, -0.2) is 57.5 Å². The molecule has 2 heterocycles. The SMILES string of the molecule is Cc1cc(C(=O)N(CCN(C)C)Cc2cccc(C#N)c2)n2nc(C(F)(F)F)cc2n1. The second-order valence-corrected chi connectivity index (χ2v) is 7.42. The maximum atomic E-state index is 13.4. The summed E-state index contributed by atoms with van der Waals surface area (Å²) in [5, 5.41) is 12.7. The van der Waals surface area contributed by atoms with E-state index in [4.69, 9.17) is 5.26 Å². The van der Waals surface area contributed by atoms with Crippen LogP contribution in [-0.2, 0) is 12.7 Å². The molecule has 0 radical (unpaired) electrons. The van der Waals surface area contributed by atoms with Crippen molar-refractivity contribution in [3.8, 4) is 6.07 Å². The fourth-order valence-electron chi connectivity index (χ4n) is 3.09. The topological polar surface area (TPSA) is 77.5 Å². The molecule has 0 atom stereocenters. The molecule has 0 aliphatic heterocycles. The summed E-state index contributed by atoms with van der Waals surface area (Å²) in [5.41, 5.74) is 0.443. The van der Waals surface area contributed by atoms with E-state index in [1.54, 1.807) is 31.2 Å². The number of amides is 1. The third-order valence-corrected chi connectivity index (χ3v) is 4.60. The molecule has 7 nitrogen and oxygen atoms in total. The Bertz CT molecular complexity index is 1150. The number of likely N-dealkylation sites (N-methyl/N-ethyl adjacent to an activating group) is 1. The minimum absolute atomic E-state index is 0.00630. The van der Waals surface area contributed by atoms with Crippen LogP contribution in [0.1, 0.15) is 33.0 Å². The van der Waals surface area contributed by atoms with Crippen molar-refractivity contribution in [3.05, 3.63) is 64.6 Å². The molecule has 3 aromatic rings. The molecule has 0 unspecified atom stereocenters. The minimum atomic E-state index is -4.65. The first-order chi connectivity index (χ1) is 14.6. The smallest absolute Gasteiger partial charge is 0.332 e. The summed E-state index contributed by atoms with van der Waals surface area (Å²) in [6.07, 6.45) is -4.65. The average Bonchev–Trinajstić information content (AvgIpc) is 3.14. The average molecular weight is 430 g/mol. The van der Waals surface area contributed by atoms with Crippen molar-refractivity contribution in [2.24, 2.45) is 0 Å². The van der Waals surface area contributed by atoms with Gasteiger partial charge in [-0.15, -0.1) is 0 Å². The molecular weight excluding hydrogens is 409 g/mol. The van der Waals surface area contributed by atoms with Gasteiger partial charge in [-0.25, -0.2) is 9.50 Å². The van der Waals surface area contributed by atoms with Crippen molar-refractivity contribution in [1.29, 1.82) is 5.26 Å². The Morgan fingerprint density at radius 1 is 1.19 bits per heavy atom. The number of benzene rings is 1. The Hall–Kier alpha value is -3.45. The largest absolute Gasteiger partial charge is 0.435 e. The normalized spacial score (nSPS) is 11.7. The van der Waals surface area contributed by atoms with E-state index in [9.17, 15) is 18.0 Å². The van der Waals surface area contributed by atoms with Crippen LogP contribution in [0.2, 0.25) is 0 Å². The van der Waals surface area contributed by atoms with Crippen molar-refractivity contribution in [3.63, 3.8) is 0 Å². The summed E-state index contributed by atoms with van der Waals surface area (Å²) < 4.78 is 40.4. The lowest BCUT2D eigenvalue weighted by atomic mass is 10.1. The van der Waals surface area contributed by atoms with E-state index in [0.717, 1.165) is 16.1 Å². The summed E-state index contributed by atoms with van der Waals surface area (Å²) in [4.78, 5) is 20.9. The molecule has 2 aromatic heterocycles. The first kappa shape index (κ1) is 22.2. The van der Waals surface area contributed by atoms with E-state index >= 15 is 0 Å². The van der Waals surface area contributed by atoms with Gasteiger partial charge in [0.15, 0.2) is 11.3 Å². The number of carbonyl (C=O) groups is 1. The van der Waals surface area contributed by atoms with Gasteiger partial charge in [0.25, 0.3) is 5.91 Å². The highest BCUT2D eigenvalue weighted by Gasteiger charge is 2.35. The maximum absolute atomic E-state index is 13.4. The quantitative estimate of drug-likeness (QED) is 0.601. The molecule has 162 valence electrons. The van der Waals surface area contributed by atoms with Crippen molar-refractivity contribution < 1.29 is 18.0 Å². The zero-order valence-electron chi connectivity index (χ0n) is 17.3. The summed E-state index contributed by atoms with van der Waals surface area (Å²) in [6.45, 7) is 2.68. The van der Waals surface area contributed by atoms with Crippen LogP contribution in [0.3, 0.4) is 0 Å². The summed E-state index contributed by atoms with van der Waals surface area (Å²) in [6, 6.07) is 11.2. The van der Waals surface area contributed by atoms with Gasteiger partial charge in [0, 0.05) is 31.4 Å². The van der Waals surface area contributed by atoms with Crippen molar-refractivity contribution in [2.75, 3.05) is 27.2 Å². The molecule has 0 aliphatic carbocycles. The number of fused-ring (bicyclic) bond motifs is 1. The molecule has 1 amide bonds. The van der Waals surface area contributed by atoms with Gasteiger partial charge in [-0.05, 0) is 44.8 Å². The third-order valence-electron chi connectivity index (χ3n) is 4.60. The molecule has 31 heavy (non-hydrogen) atoms. The van der Waals surface area contributed by atoms with E-state index in [1.807, 2.05) is 19.0 Å². The van der Waals surface area contributed by atoms with Crippen LogP contribution in [0.15, 0.2) is 36.4 Å². The first-order valence-electron chi connectivity index (χ1n) is 9.46. The Labute approximate surface area is 177 Å². The molecule has 0 aliphatic rings. The molecule has 1 aromatic carbocycles. The fraction of sp³-hybridized carbons (Fsp3) is 0.333. The highest BCUT2D eigenvalue weighted by Crippen LogP contribution is 2.29. The van der Waals surface area contributed by atoms with E-state index in [2.05, 4.69) is 16.2 Å². The number of hydrogen-bond donors (Lipinski definition) is 0. The molecule has 0 fully saturated rings. The fourth-order valence-corrected chi connectivity index (χ4v) is 3.09. The van der Waals surface area contributed by atoms with Crippen LogP contribution < -0.4 is 0 Å². The number of rotatable bonds is 6. The van der Waals surface area contributed by atoms with Gasteiger partial charge in [0.1, 0.15) is 5.69 Å². The van der Waals surface area contributed by atoms with Gasteiger partial charge in [-0.3, -0.25) is 4.79 Å². The van der Waals surface area contributed by atoms with E-state index in [1.165, 1.54) is 11.0 Å². The lowest BCUT2D eigenvalue weighted by Gasteiger charge is -2.25. The number of aryl methyl sites for hydroxylation is 1. The molecule has 3 rings (SSSR count). The molecule has 0 saturated carbocycles. The van der Waals surface area contributed by atoms with Crippen LogP contribution >= 0.6 is 0 Å². The van der Waals surface area contributed by atoms with Crippen LogP contribution in [0, 0.1) is 18.3 Å². The minimum Gasteiger partial charge on any atom is -0.332 e.